The summed E-state index contributed by atoms with van der Waals surface area (Å²) >= 11 is 0. The molecule has 1 aliphatic carbocycles. The maximum Gasteiger partial charge on any atom is 0.189 e. The monoisotopic (exact) mass is 339 g/mol. The lowest BCUT2D eigenvalue weighted by atomic mass is 9.96. The van der Waals surface area contributed by atoms with E-state index in [1.54, 1.807) is 0 Å². The number of aromatic nitrogens is 2. The average molecular weight is 339 g/mol. The molecule has 0 fully saturated rings. The van der Waals surface area contributed by atoms with Crippen molar-refractivity contribution in [3.63, 3.8) is 0 Å². The van der Waals surface area contributed by atoms with Gasteiger partial charge >= 0.3 is 0 Å². The van der Waals surface area contributed by atoms with Crippen molar-refractivity contribution in [2.24, 2.45) is 17.8 Å². The van der Waals surface area contributed by atoms with E-state index >= 15 is 0 Å². The fourth-order valence-electron chi connectivity index (χ4n) is 3.82. The molecule has 0 amide bonds. The highest BCUT2D eigenvalue weighted by molar-refractivity contribution is 5.78. The third kappa shape index (κ3) is 3.21. The molecule has 6 heteroatoms. The summed E-state index contributed by atoms with van der Waals surface area (Å²) in [7, 11) is 2.00. The number of hydrogen-bond acceptors (Lipinski definition) is 3. The quantitative estimate of drug-likeness (QED) is 0.664. The number of aliphatic imine (C=N–C) groups is 1. The highest BCUT2D eigenvalue weighted by Crippen LogP contribution is 2.31. The Labute approximate surface area is 148 Å². The van der Waals surface area contributed by atoms with Gasteiger partial charge in [0, 0.05) is 19.0 Å². The zero-order valence-electron chi connectivity index (χ0n) is 14.7. The number of hydrogen-bond donors (Lipinski definition) is 2. The SMILES string of the molecule is Cn1nc2c(c1CN=C(N)NC1CCOc3ccccc31)CCCC2. The van der Waals surface area contributed by atoms with Crippen molar-refractivity contribution in [3.05, 3.63) is 46.8 Å². The van der Waals surface area contributed by atoms with Gasteiger partial charge in [-0.2, -0.15) is 5.10 Å². The number of aryl methyl sites for hydroxylation is 2. The predicted octanol–water partition coefficient (Wildman–Crippen LogP) is 2.23. The molecule has 1 aromatic carbocycles. The third-order valence-electron chi connectivity index (χ3n) is 5.13. The highest BCUT2D eigenvalue weighted by Gasteiger charge is 2.22. The number of fused-ring (bicyclic) bond motifs is 2. The Bertz CT molecular complexity index is 795. The summed E-state index contributed by atoms with van der Waals surface area (Å²) in [5.41, 5.74) is 11.1. The van der Waals surface area contributed by atoms with Gasteiger partial charge in [-0.25, -0.2) is 4.99 Å². The van der Waals surface area contributed by atoms with Crippen molar-refractivity contribution in [1.82, 2.24) is 15.1 Å². The summed E-state index contributed by atoms with van der Waals surface area (Å²) in [5.74, 6) is 1.41. The fraction of sp³-hybridized carbons (Fsp3) is 0.474. The molecule has 2 heterocycles. The fourth-order valence-corrected chi connectivity index (χ4v) is 3.82. The summed E-state index contributed by atoms with van der Waals surface area (Å²) < 4.78 is 7.67. The van der Waals surface area contributed by atoms with Gasteiger partial charge in [0.15, 0.2) is 5.96 Å². The number of ether oxygens (including phenoxy) is 1. The van der Waals surface area contributed by atoms with E-state index in [1.807, 2.05) is 29.9 Å². The van der Waals surface area contributed by atoms with Crippen LogP contribution in [0.4, 0.5) is 0 Å². The molecule has 1 unspecified atom stereocenters. The van der Waals surface area contributed by atoms with E-state index in [0.29, 0.717) is 19.1 Å². The lowest BCUT2D eigenvalue weighted by Crippen LogP contribution is -2.37. The van der Waals surface area contributed by atoms with Gasteiger partial charge in [0.05, 0.1) is 30.6 Å². The minimum atomic E-state index is 0.147. The first kappa shape index (κ1) is 16.0. The minimum Gasteiger partial charge on any atom is -0.493 e. The number of rotatable bonds is 3. The molecule has 3 N–H and O–H groups in total. The number of nitrogens with zero attached hydrogens (tertiary/aromatic N) is 3. The molecule has 0 spiro atoms. The molecule has 4 rings (SSSR count). The summed E-state index contributed by atoms with van der Waals surface area (Å²) in [4.78, 5) is 4.58. The van der Waals surface area contributed by atoms with Crippen molar-refractivity contribution in [3.8, 4) is 5.75 Å². The lowest BCUT2D eigenvalue weighted by molar-refractivity contribution is 0.262. The van der Waals surface area contributed by atoms with Crippen LogP contribution in [0.15, 0.2) is 29.3 Å². The minimum absolute atomic E-state index is 0.147. The zero-order valence-corrected chi connectivity index (χ0v) is 14.7. The zero-order chi connectivity index (χ0) is 17.2. The van der Waals surface area contributed by atoms with E-state index in [2.05, 4.69) is 21.5 Å². The smallest absolute Gasteiger partial charge is 0.189 e. The molecule has 0 bridgehead atoms. The molecule has 6 nitrogen and oxygen atoms in total. The van der Waals surface area contributed by atoms with E-state index in [1.165, 1.54) is 29.8 Å². The second-order valence-electron chi connectivity index (χ2n) is 6.78. The second-order valence-corrected chi connectivity index (χ2v) is 6.78. The van der Waals surface area contributed by atoms with Crippen molar-refractivity contribution in [2.75, 3.05) is 6.61 Å². The lowest BCUT2D eigenvalue weighted by Gasteiger charge is -2.26. The van der Waals surface area contributed by atoms with Crippen LogP contribution in [0.2, 0.25) is 0 Å². The van der Waals surface area contributed by atoms with Crippen LogP contribution in [-0.2, 0) is 26.4 Å². The van der Waals surface area contributed by atoms with Crippen LogP contribution in [0, 0.1) is 0 Å². The van der Waals surface area contributed by atoms with Gasteiger partial charge in [-0.1, -0.05) is 18.2 Å². The maximum absolute atomic E-state index is 6.17. The van der Waals surface area contributed by atoms with E-state index < -0.39 is 0 Å². The molecule has 1 atom stereocenters. The molecule has 0 saturated carbocycles. The van der Waals surface area contributed by atoms with Gasteiger partial charge in [0.2, 0.25) is 0 Å². The number of nitrogens with two attached hydrogens (primary N) is 1. The van der Waals surface area contributed by atoms with Crippen LogP contribution < -0.4 is 15.8 Å². The Kier molecular flexibility index (Phi) is 4.34. The Hall–Kier alpha value is -2.50. The molecule has 1 aromatic heterocycles. The van der Waals surface area contributed by atoms with Crippen molar-refractivity contribution in [1.29, 1.82) is 0 Å². The van der Waals surface area contributed by atoms with Crippen LogP contribution in [0.3, 0.4) is 0 Å². The standard InChI is InChI=1S/C19H25N5O/c1-24-17(13-6-2-4-8-16(13)23-24)12-21-19(20)22-15-10-11-25-18-9-5-3-7-14(15)18/h3,5,7,9,15H,2,4,6,8,10-12H2,1H3,(H3,20,21,22). The van der Waals surface area contributed by atoms with Crippen molar-refractivity contribution >= 4 is 5.96 Å². The number of para-hydroxylation sites is 1. The van der Waals surface area contributed by atoms with E-state index in [9.17, 15) is 0 Å². The summed E-state index contributed by atoms with van der Waals surface area (Å²) in [6, 6.07) is 8.24. The van der Waals surface area contributed by atoms with E-state index in [-0.39, 0.29) is 6.04 Å². The first-order valence-electron chi connectivity index (χ1n) is 9.04. The Balaban J connectivity index is 1.48. The van der Waals surface area contributed by atoms with Crippen LogP contribution in [0.5, 0.6) is 5.75 Å². The molecule has 0 saturated heterocycles. The molecular weight excluding hydrogens is 314 g/mol. The van der Waals surface area contributed by atoms with Gasteiger partial charge in [-0.05, 0) is 37.3 Å². The van der Waals surface area contributed by atoms with E-state index in [4.69, 9.17) is 10.5 Å². The number of nitrogens with one attached hydrogen (secondary N) is 1. The molecular formula is C19H25N5O. The first-order valence-corrected chi connectivity index (χ1v) is 9.04. The predicted molar refractivity (Wildman–Crippen MR) is 97.6 cm³/mol. The van der Waals surface area contributed by atoms with Gasteiger partial charge in [-0.15, -0.1) is 0 Å². The third-order valence-corrected chi connectivity index (χ3v) is 5.13. The summed E-state index contributed by atoms with van der Waals surface area (Å²) in [6.45, 7) is 1.26. The van der Waals surface area contributed by atoms with Crippen LogP contribution in [0.1, 0.15) is 47.8 Å². The van der Waals surface area contributed by atoms with Gasteiger partial charge in [-0.3, -0.25) is 4.68 Å². The Morgan fingerprint density at radius 3 is 3.12 bits per heavy atom. The summed E-state index contributed by atoms with van der Waals surface area (Å²) in [5, 5.41) is 8.00. The normalized spacial score (nSPS) is 19.7. The molecule has 1 aliphatic heterocycles. The van der Waals surface area contributed by atoms with Crippen LogP contribution in [0.25, 0.3) is 0 Å². The first-order chi connectivity index (χ1) is 12.2. The average Bonchev–Trinajstić information content (AvgIpc) is 2.95. The van der Waals surface area contributed by atoms with Crippen molar-refractivity contribution < 1.29 is 4.74 Å². The second kappa shape index (κ2) is 6.78. The van der Waals surface area contributed by atoms with Gasteiger partial charge < -0.3 is 15.8 Å². The topological polar surface area (TPSA) is 77.5 Å². The highest BCUT2D eigenvalue weighted by atomic mass is 16.5. The molecule has 2 aromatic rings. The molecule has 25 heavy (non-hydrogen) atoms. The van der Waals surface area contributed by atoms with E-state index in [0.717, 1.165) is 30.6 Å². The Morgan fingerprint density at radius 1 is 1.36 bits per heavy atom. The summed E-state index contributed by atoms with van der Waals surface area (Å²) in [6.07, 6.45) is 5.55. The largest absolute Gasteiger partial charge is 0.493 e. The maximum atomic E-state index is 6.17. The van der Waals surface area contributed by atoms with Crippen LogP contribution in [-0.4, -0.2) is 22.3 Å². The molecule has 132 valence electrons. The van der Waals surface area contributed by atoms with Crippen molar-refractivity contribution in [2.45, 2.75) is 44.7 Å². The number of benzene rings is 1. The van der Waals surface area contributed by atoms with Crippen LogP contribution >= 0.6 is 0 Å². The molecule has 2 aliphatic rings. The molecule has 0 radical (unpaired) electrons. The number of guanidine groups is 1. The van der Waals surface area contributed by atoms with Gasteiger partial charge in [0.1, 0.15) is 5.75 Å². The Morgan fingerprint density at radius 2 is 2.20 bits per heavy atom. The van der Waals surface area contributed by atoms with Gasteiger partial charge in [0.25, 0.3) is 0 Å².